The van der Waals surface area contributed by atoms with Crippen molar-refractivity contribution in [3.63, 3.8) is 0 Å². The van der Waals surface area contributed by atoms with Crippen LogP contribution in [-0.4, -0.2) is 22.6 Å². The highest BCUT2D eigenvalue weighted by atomic mass is 35.5. The van der Waals surface area contributed by atoms with Crippen molar-refractivity contribution in [2.45, 2.75) is 26.3 Å². The SMILES string of the molecule is CCCn1c(CC2CNC2)nc2cc(Cl)ccc21. The first-order chi connectivity index (χ1) is 8.78. The van der Waals surface area contributed by atoms with Crippen molar-refractivity contribution in [2.75, 3.05) is 13.1 Å². The number of nitrogens with zero attached hydrogens (tertiary/aromatic N) is 2. The van der Waals surface area contributed by atoms with E-state index in [9.17, 15) is 0 Å². The topological polar surface area (TPSA) is 29.9 Å². The summed E-state index contributed by atoms with van der Waals surface area (Å²) in [6, 6.07) is 6.00. The first-order valence-electron chi connectivity index (χ1n) is 6.63. The molecule has 1 aliphatic heterocycles. The first kappa shape index (κ1) is 12.0. The van der Waals surface area contributed by atoms with E-state index in [1.807, 2.05) is 12.1 Å². The van der Waals surface area contributed by atoms with E-state index in [1.54, 1.807) is 0 Å². The van der Waals surface area contributed by atoms with Crippen molar-refractivity contribution in [2.24, 2.45) is 5.92 Å². The Bertz CT molecular complexity index is 557. The van der Waals surface area contributed by atoms with E-state index in [-0.39, 0.29) is 0 Å². The largest absolute Gasteiger partial charge is 0.328 e. The lowest BCUT2D eigenvalue weighted by atomic mass is 9.99. The van der Waals surface area contributed by atoms with Gasteiger partial charge in [-0.2, -0.15) is 0 Å². The van der Waals surface area contributed by atoms with Gasteiger partial charge in [-0.3, -0.25) is 0 Å². The maximum Gasteiger partial charge on any atom is 0.110 e. The second-order valence-corrected chi connectivity index (χ2v) is 5.48. The summed E-state index contributed by atoms with van der Waals surface area (Å²) in [7, 11) is 0. The molecular weight excluding hydrogens is 246 g/mol. The van der Waals surface area contributed by atoms with Crippen LogP contribution in [0.15, 0.2) is 18.2 Å². The average molecular weight is 264 g/mol. The highest BCUT2D eigenvalue weighted by Crippen LogP contribution is 2.23. The number of rotatable bonds is 4. The molecule has 1 saturated heterocycles. The van der Waals surface area contributed by atoms with Gasteiger partial charge >= 0.3 is 0 Å². The third kappa shape index (κ3) is 2.13. The molecule has 1 aromatic heterocycles. The van der Waals surface area contributed by atoms with Crippen molar-refractivity contribution >= 4 is 22.6 Å². The van der Waals surface area contributed by atoms with E-state index in [2.05, 4.69) is 22.9 Å². The van der Waals surface area contributed by atoms with Gasteiger partial charge in [0, 0.05) is 18.0 Å². The number of halogens is 1. The number of fused-ring (bicyclic) bond motifs is 1. The predicted octanol–water partition coefficient (Wildman–Crippen LogP) is 2.86. The van der Waals surface area contributed by atoms with Gasteiger partial charge in [0.15, 0.2) is 0 Å². The van der Waals surface area contributed by atoms with Gasteiger partial charge in [-0.15, -0.1) is 0 Å². The zero-order valence-corrected chi connectivity index (χ0v) is 11.4. The van der Waals surface area contributed by atoms with E-state index in [4.69, 9.17) is 16.6 Å². The quantitative estimate of drug-likeness (QED) is 0.919. The molecule has 1 fully saturated rings. The van der Waals surface area contributed by atoms with Crippen molar-refractivity contribution in [3.8, 4) is 0 Å². The zero-order valence-electron chi connectivity index (χ0n) is 10.6. The second kappa shape index (κ2) is 4.90. The van der Waals surface area contributed by atoms with Gasteiger partial charge in [-0.1, -0.05) is 18.5 Å². The Morgan fingerprint density at radius 1 is 1.44 bits per heavy atom. The summed E-state index contributed by atoms with van der Waals surface area (Å²) in [6.07, 6.45) is 2.20. The molecule has 18 heavy (non-hydrogen) atoms. The third-order valence-electron chi connectivity index (χ3n) is 3.57. The number of nitrogens with one attached hydrogen (secondary N) is 1. The van der Waals surface area contributed by atoms with Crippen molar-refractivity contribution < 1.29 is 0 Å². The molecule has 1 N–H and O–H groups in total. The van der Waals surface area contributed by atoms with E-state index in [1.165, 1.54) is 11.3 Å². The monoisotopic (exact) mass is 263 g/mol. The van der Waals surface area contributed by atoms with E-state index >= 15 is 0 Å². The molecule has 0 aliphatic carbocycles. The fourth-order valence-corrected chi connectivity index (χ4v) is 2.70. The number of aromatic nitrogens is 2. The molecule has 2 aromatic rings. The lowest BCUT2D eigenvalue weighted by Crippen LogP contribution is -2.43. The van der Waals surface area contributed by atoms with Crippen LogP contribution in [-0.2, 0) is 13.0 Å². The number of imidazole rings is 1. The molecule has 1 aromatic carbocycles. The van der Waals surface area contributed by atoms with Crippen LogP contribution in [0.25, 0.3) is 11.0 Å². The summed E-state index contributed by atoms with van der Waals surface area (Å²) in [5, 5.41) is 4.08. The molecule has 0 unspecified atom stereocenters. The minimum Gasteiger partial charge on any atom is -0.328 e. The molecule has 0 atom stereocenters. The molecule has 0 spiro atoms. The zero-order chi connectivity index (χ0) is 12.5. The van der Waals surface area contributed by atoms with Gasteiger partial charge in [0.25, 0.3) is 0 Å². The molecule has 0 amide bonds. The number of benzene rings is 1. The van der Waals surface area contributed by atoms with Crippen LogP contribution < -0.4 is 5.32 Å². The van der Waals surface area contributed by atoms with Crippen LogP contribution in [0.3, 0.4) is 0 Å². The van der Waals surface area contributed by atoms with Gasteiger partial charge in [-0.05, 0) is 43.6 Å². The average Bonchev–Trinajstić information content (AvgIpc) is 2.62. The van der Waals surface area contributed by atoms with E-state index in [0.29, 0.717) is 0 Å². The lowest BCUT2D eigenvalue weighted by Gasteiger charge is -2.26. The smallest absolute Gasteiger partial charge is 0.110 e. The maximum atomic E-state index is 6.04. The molecular formula is C14H18ClN3. The fraction of sp³-hybridized carbons (Fsp3) is 0.500. The lowest BCUT2D eigenvalue weighted by molar-refractivity contribution is 0.337. The summed E-state index contributed by atoms with van der Waals surface area (Å²) < 4.78 is 2.35. The van der Waals surface area contributed by atoms with Crippen LogP contribution in [0.1, 0.15) is 19.2 Å². The third-order valence-corrected chi connectivity index (χ3v) is 3.81. The number of hydrogen-bond donors (Lipinski definition) is 1. The molecule has 0 bridgehead atoms. The van der Waals surface area contributed by atoms with Gasteiger partial charge in [0.2, 0.25) is 0 Å². The van der Waals surface area contributed by atoms with Crippen LogP contribution >= 0.6 is 11.6 Å². The molecule has 3 rings (SSSR count). The van der Waals surface area contributed by atoms with Crippen LogP contribution in [0.2, 0.25) is 5.02 Å². The fourth-order valence-electron chi connectivity index (χ4n) is 2.53. The Morgan fingerprint density at radius 3 is 2.94 bits per heavy atom. The standard InChI is InChI=1S/C14H18ClN3/c1-2-5-18-13-4-3-11(15)7-12(13)17-14(18)6-10-8-16-9-10/h3-4,7,10,16H,2,5-6,8-9H2,1H3. The Morgan fingerprint density at radius 2 is 2.28 bits per heavy atom. The number of aryl methyl sites for hydroxylation is 1. The van der Waals surface area contributed by atoms with Gasteiger partial charge in [0.05, 0.1) is 11.0 Å². The summed E-state index contributed by atoms with van der Waals surface area (Å²) in [5.74, 6) is 1.95. The summed E-state index contributed by atoms with van der Waals surface area (Å²) in [5.41, 5.74) is 2.24. The van der Waals surface area contributed by atoms with Gasteiger partial charge in [-0.25, -0.2) is 4.98 Å². The summed E-state index contributed by atoms with van der Waals surface area (Å²) >= 11 is 6.04. The van der Waals surface area contributed by atoms with Crippen molar-refractivity contribution in [1.82, 2.24) is 14.9 Å². The predicted molar refractivity (Wildman–Crippen MR) is 75.1 cm³/mol. The van der Waals surface area contributed by atoms with E-state index in [0.717, 1.165) is 48.9 Å². The first-order valence-corrected chi connectivity index (χ1v) is 7.01. The molecule has 96 valence electrons. The molecule has 3 nitrogen and oxygen atoms in total. The normalized spacial score (nSPS) is 16.1. The highest BCUT2D eigenvalue weighted by Gasteiger charge is 2.20. The molecule has 2 heterocycles. The van der Waals surface area contributed by atoms with Crippen molar-refractivity contribution in [3.05, 3.63) is 29.0 Å². The Hall–Kier alpha value is -1.06. The maximum absolute atomic E-state index is 6.04. The van der Waals surface area contributed by atoms with Crippen molar-refractivity contribution in [1.29, 1.82) is 0 Å². The summed E-state index contributed by atoms with van der Waals surface area (Å²) in [6.45, 7) is 5.48. The van der Waals surface area contributed by atoms with Crippen LogP contribution in [0.4, 0.5) is 0 Å². The Balaban J connectivity index is 2.01. The minimum atomic E-state index is 0.743. The van der Waals surface area contributed by atoms with Crippen LogP contribution in [0.5, 0.6) is 0 Å². The molecule has 0 saturated carbocycles. The Labute approximate surface area is 112 Å². The van der Waals surface area contributed by atoms with Gasteiger partial charge < -0.3 is 9.88 Å². The Kier molecular flexibility index (Phi) is 3.27. The summed E-state index contributed by atoms with van der Waals surface area (Å²) in [4.78, 5) is 4.76. The number of hydrogen-bond acceptors (Lipinski definition) is 2. The molecule has 4 heteroatoms. The minimum absolute atomic E-state index is 0.743. The van der Waals surface area contributed by atoms with E-state index < -0.39 is 0 Å². The second-order valence-electron chi connectivity index (χ2n) is 5.04. The van der Waals surface area contributed by atoms with Crippen LogP contribution in [0, 0.1) is 5.92 Å². The highest BCUT2D eigenvalue weighted by molar-refractivity contribution is 6.31. The molecule has 1 aliphatic rings. The molecule has 0 radical (unpaired) electrons. The van der Waals surface area contributed by atoms with Gasteiger partial charge in [0.1, 0.15) is 5.82 Å².